The first-order valence-corrected chi connectivity index (χ1v) is 12.5. The zero-order chi connectivity index (χ0) is 26.5. The van der Waals surface area contributed by atoms with Gasteiger partial charge in [0.1, 0.15) is 24.8 Å². The molecule has 0 aliphatic heterocycles. The second-order valence-corrected chi connectivity index (χ2v) is 9.09. The molecule has 2 aromatic carbocycles. The Bertz CT molecular complexity index is 978. The van der Waals surface area contributed by atoms with Crippen LogP contribution < -0.4 is 10.6 Å². The highest BCUT2D eigenvalue weighted by molar-refractivity contribution is 5.94. The molecule has 198 valence electrons. The van der Waals surface area contributed by atoms with E-state index >= 15 is 0 Å². The lowest BCUT2D eigenvalue weighted by atomic mass is 9.89. The second kappa shape index (κ2) is 14.0. The predicted molar refractivity (Wildman–Crippen MR) is 135 cm³/mol. The molecule has 0 radical (unpaired) electrons. The fraction of sp³-hybridized carbons (Fsp3) is 0.429. The van der Waals surface area contributed by atoms with E-state index in [0.717, 1.165) is 36.8 Å². The third-order valence-corrected chi connectivity index (χ3v) is 6.33. The summed E-state index contributed by atoms with van der Waals surface area (Å²) in [5.74, 6) is -1.90. The second-order valence-electron chi connectivity index (χ2n) is 9.09. The molecule has 0 spiro atoms. The summed E-state index contributed by atoms with van der Waals surface area (Å²) in [6, 6.07) is 16.9. The summed E-state index contributed by atoms with van der Waals surface area (Å²) < 4.78 is 15.6. The fourth-order valence-corrected chi connectivity index (χ4v) is 4.31. The minimum absolute atomic E-state index is 0.00837. The van der Waals surface area contributed by atoms with Gasteiger partial charge in [0.2, 0.25) is 5.91 Å². The molecule has 9 nitrogen and oxygen atoms in total. The van der Waals surface area contributed by atoms with Crippen LogP contribution in [-0.4, -0.2) is 42.6 Å². The van der Waals surface area contributed by atoms with E-state index in [4.69, 9.17) is 14.2 Å². The lowest BCUT2D eigenvalue weighted by molar-refractivity contribution is -0.152. The van der Waals surface area contributed by atoms with E-state index in [9.17, 15) is 19.2 Å². The molecule has 37 heavy (non-hydrogen) atoms. The molecule has 0 unspecified atom stereocenters. The van der Waals surface area contributed by atoms with Gasteiger partial charge >= 0.3 is 18.0 Å². The zero-order valence-corrected chi connectivity index (χ0v) is 21.1. The number of amides is 2. The molecule has 0 bridgehead atoms. The van der Waals surface area contributed by atoms with Crippen LogP contribution in [0.5, 0.6) is 0 Å². The van der Waals surface area contributed by atoms with Gasteiger partial charge in [-0.15, -0.1) is 0 Å². The van der Waals surface area contributed by atoms with Crippen molar-refractivity contribution in [3.05, 3.63) is 71.8 Å². The quantitative estimate of drug-likeness (QED) is 0.283. The van der Waals surface area contributed by atoms with Crippen molar-refractivity contribution in [3.8, 4) is 0 Å². The molecule has 0 aromatic heterocycles. The molecule has 0 saturated heterocycles. The largest absolute Gasteiger partial charge is 0.467 e. The summed E-state index contributed by atoms with van der Waals surface area (Å²) in [5, 5.41) is 5.26. The monoisotopic (exact) mass is 510 g/mol. The van der Waals surface area contributed by atoms with Crippen LogP contribution in [-0.2, 0) is 41.8 Å². The number of carbonyl (C=O) groups is 4. The third-order valence-electron chi connectivity index (χ3n) is 6.33. The Labute approximate surface area is 216 Å². The third kappa shape index (κ3) is 8.63. The minimum Gasteiger partial charge on any atom is -0.467 e. The van der Waals surface area contributed by atoms with Gasteiger partial charge in [0.25, 0.3) is 0 Å². The van der Waals surface area contributed by atoms with Gasteiger partial charge in [-0.2, -0.15) is 0 Å². The molecule has 1 aliphatic rings. The van der Waals surface area contributed by atoms with Crippen molar-refractivity contribution < 1.29 is 33.4 Å². The van der Waals surface area contributed by atoms with Crippen molar-refractivity contribution in [2.24, 2.45) is 0 Å². The van der Waals surface area contributed by atoms with E-state index < -0.39 is 41.9 Å². The van der Waals surface area contributed by atoms with E-state index in [2.05, 4.69) is 10.6 Å². The first-order valence-electron chi connectivity index (χ1n) is 12.5. The highest BCUT2D eigenvalue weighted by atomic mass is 16.6. The van der Waals surface area contributed by atoms with Crippen LogP contribution in [0.1, 0.15) is 56.1 Å². The lowest BCUT2D eigenvalue weighted by Gasteiger charge is -2.32. The number of ether oxygens (including phenoxy) is 3. The first-order chi connectivity index (χ1) is 17.9. The number of rotatable bonds is 10. The molecule has 2 aromatic rings. The Hall–Kier alpha value is -3.88. The highest BCUT2D eigenvalue weighted by Gasteiger charge is 2.43. The molecule has 1 aliphatic carbocycles. The van der Waals surface area contributed by atoms with Crippen molar-refractivity contribution in [3.63, 3.8) is 0 Å². The Kier molecular flexibility index (Phi) is 10.5. The minimum atomic E-state index is -1.31. The fourth-order valence-electron chi connectivity index (χ4n) is 4.31. The predicted octanol–water partition coefficient (Wildman–Crippen LogP) is 3.80. The maximum atomic E-state index is 13.4. The van der Waals surface area contributed by atoms with Gasteiger partial charge in [0, 0.05) is 0 Å². The molecule has 0 heterocycles. The molecule has 3 rings (SSSR count). The molecule has 1 atom stereocenters. The molecule has 9 heteroatoms. The van der Waals surface area contributed by atoms with Gasteiger partial charge in [0.05, 0.1) is 13.5 Å². The average Bonchev–Trinajstić information content (AvgIpc) is 3.17. The van der Waals surface area contributed by atoms with E-state index in [1.165, 1.54) is 7.11 Å². The first kappa shape index (κ1) is 27.7. The van der Waals surface area contributed by atoms with E-state index in [-0.39, 0.29) is 13.2 Å². The van der Waals surface area contributed by atoms with Gasteiger partial charge in [0.15, 0.2) is 0 Å². The van der Waals surface area contributed by atoms with Crippen LogP contribution in [0.2, 0.25) is 0 Å². The normalized spacial score (nSPS) is 15.4. The van der Waals surface area contributed by atoms with E-state index in [1.807, 2.05) is 48.5 Å². The smallest absolute Gasteiger partial charge is 0.408 e. The summed E-state index contributed by atoms with van der Waals surface area (Å²) in [6.45, 7) is 0.0180. The number of hydrogen-bond donors (Lipinski definition) is 2. The SMILES string of the molecule is COC(=O)C1(NC(=O)[C@@H](CC(=O)OCc2ccccc2)NC(=O)OCc2ccccc2)CCCCCC1. The van der Waals surface area contributed by atoms with Crippen LogP contribution in [0.4, 0.5) is 4.79 Å². The van der Waals surface area contributed by atoms with Crippen LogP contribution in [0, 0.1) is 0 Å². The number of methoxy groups -OCH3 is 1. The van der Waals surface area contributed by atoms with Crippen molar-refractivity contribution in [2.75, 3.05) is 7.11 Å². The number of esters is 2. The Morgan fingerprint density at radius 3 is 1.89 bits per heavy atom. The topological polar surface area (TPSA) is 120 Å². The van der Waals surface area contributed by atoms with Gasteiger partial charge in [-0.1, -0.05) is 86.3 Å². The molecular formula is C28H34N2O7. The summed E-state index contributed by atoms with van der Waals surface area (Å²) in [6.07, 6.45) is 2.88. The van der Waals surface area contributed by atoms with Gasteiger partial charge in [-0.3, -0.25) is 9.59 Å². The maximum Gasteiger partial charge on any atom is 0.408 e. The molecule has 2 N–H and O–H groups in total. The lowest BCUT2D eigenvalue weighted by Crippen LogP contribution is -2.60. The van der Waals surface area contributed by atoms with Gasteiger partial charge in [-0.25, -0.2) is 9.59 Å². The van der Waals surface area contributed by atoms with Crippen LogP contribution >= 0.6 is 0 Å². The number of benzene rings is 2. The standard InChI is InChI=1S/C28H34N2O7/c1-35-26(33)28(16-10-2-3-11-17-28)30-25(32)23(18-24(31)36-19-21-12-6-4-7-13-21)29-27(34)37-20-22-14-8-5-9-15-22/h4-9,12-15,23H,2-3,10-11,16-20H2,1H3,(H,29,34)(H,30,32)/t23-/m1/s1. The number of carbonyl (C=O) groups excluding carboxylic acids is 4. The molecular weight excluding hydrogens is 476 g/mol. The molecule has 1 fully saturated rings. The van der Waals surface area contributed by atoms with Crippen molar-refractivity contribution >= 4 is 23.9 Å². The van der Waals surface area contributed by atoms with Gasteiger partial charge < -0.3 is 24.8 Å². The van der Waals surface area contributed by atoms with Crippen molar-refractivity contribution in [1.82, 2.24) is 10.6 Å². The summed E-state index contributed by atoms with van der Waals surface area (Å²) in [4.78, 5) is 51.3. The Morgan fingerprint density at radius 1 is 0.811 bits per heavy atom. The number of alkyl carbamates (subject to hydrolysis) is 1. The molecule has 1 saturated carbocycles. The van der Waals surface area contributed by atoms with Crippen molar-refractivity contribution in [1.29, 1.82) is 0 Å². The summed E-state index contributed by atoms with van der Waals surface area (Å²) in [7, 11) is 1.28. The number of hydrogen-bond acceptors (Lipinski definition) is 7. The van der Waals surface area contributed by atoms with Crippen molar-refractivity contribution in [2.45, 2.75) is 69.7 Å². The van der Waals surface area contributed by atoms with Crippen LogP contribution in [0.15, 0.2) is 60.7 Å². The van der Waals surface area contributed by atoms with Crippen LogP contribution in [0.3, 0.4) is 0 Å². The Morgan fingerprint density at radius 2 is 1.35 bits per heavy atom. The Balaban J connectivity index is 1.69. The van der Waals surface area contributed by atoms with Crippen LogP contribution in [0.25, 0.3) is 0 Å². The van der Waals surface area contributed by atoms with Gasteiger partial charge in [-0.05, 0) is 24.0 Å². The van der Waals surface area contributed by atoms with E-state index in [0.29, 0.717) is 12.8 Å². The summed E-state index contributed by atoms with van der Waals surface area (Å²) >= 11 is 0. The maximum absolute atomic E-state index is 13.4. The highest BCUT2D eigenvalue weighted by Crippen LogP contribution is 2.28. The zero-order valence-electron chi connectivity index (χ0n) is 21.1. The summed E-state index contributed by atoms with van der Waals surface area (Å²) in [5.41, 5.74) is 0.337. The average molecular weight is 511 g/mol. The number of nitrogens with one attached hydrogen (secondary N) is 2. The molecule has 2 amide bonds. The van der Waals surface area contributed by atoms with E-state index in [1.54, 1.807) is 12.1 Å².